The molecule has 2 atom stereocenters. The standard InChI is InChI=1S/C11H14ClNO2S/c12-10-7-16(14,15)8-11(10)13-6-9-4-2-1-3-5-9/h1-5,10-11,13H,6-8H2/t10-,11+/m0/s1. The lowest BCUT2D eigenvalue weighted by molar-refractivity contribution is 0.558. The number of hydrogen-bond acceptors (Lipinski definition) is 3. The Morgan fingerprint density at radius 2 is 1.94 bits per heavy atom. The second-order valence-electron chi connectivity index (χ2n) is 4.07. The van der Waals surface area contributed by atoms with Gasteiger partial charge in [0.2, 0.25) is 0 Å². The SMILES string of the molecule is O=S1(=O)C[C@H](Cl)[C@H](NCc2ccccc2)C1. The highest BCUT2D eigenvalue weighted by atomic mass is 35.5. The van der Waals surface area contributed by atoms with Crippen LogP contribution in [0, 0.1) is 0 Å². The molecule has 88 valence electrons. The summed E-state index contributed by atoms with van der Waals surface area (Å²) >= 11 is 5.99. The van der Waals surface area contributed by atoms with E-state index in [0.717, 1.165) is 5.56 Å². The lowest BCUT2D eigenvalue weighted by Gasteiger charge is -2.14. The Morgan fingerprint density at radius 1 is 1.25 bits per heavy atom. The molecular weight excluding hydrogens is 246 g/mol. The number of benzene rings is 1. The van der Waals surface area contributed by atoms with Crippen LogP contribution in [0.15, 0.2) is 30.3 Å². The van der Waals surface area contributed by atoms with E-state index in [2.05, 4.69) is 5.32 Å². The monoisotopic (exact) mass is 259 g/mol. The summed E-state index contributed by atoms with van der Waals surface area (Å²) in [5, 5.41) is 2.88. The van der Waals surface area contributed by atoms with E-state index >= 15 is 0 Å². The van der Waals surface area contributed by atoms with Crippen molar-refractivity contribution in [3.05, 3.63) is 35.9 Å². The van der Waals surface area contributed by atoms with Crippen LogP contribution in [0.5, 0.6) is 0 Å². The molecule has 5 heteroatoms. The van der Waals surface area contributed by atoms with E-state index in [0.29, 0.717) is 6.54 Å². The zero-order valence-corrected chi connectivity index (χ0v) is 10.3. The Bertz CT molecular complexity index is 446. The molecule has 3 nitrogen and oxygen atoms in total. The fourth-order valence-electron chi connectivity index (χ4n) is 1.84. The minimum Gasteiger partial charge on any atom is -0.307 e. The maximum absolute atomic E-state index is 11.3. The highest BCUT2D eigenvalue weighted by molar-refractivity contribution is 7.91. The van der Waals surface area contributed by atoms with Crippen molar-refractivity contribution in [1.29, 1.82) is 0 Å². The molecule has 0 bridgehead atoms. The zero-order valence-electron chi connectivity index (χ0n) is 8.77. The average Bonchev–Trinajstić information content (AvgIpc) is 2.50. The molecule has 0 radical (unpaired) electrons. The van der Waals surface area contributed by atoms with Crippen LogP contribution in [-0.4, -0.2) is 31.3 Å². The third-order valence-corrected chi connectivity index (χ3v) is 5.07. The van der Waals surface area contributed by atoms with E-state index in [1.165, 1.54) is 0 Å². The van der Waals surface area contributed by atoms with Gasteiger partial charge in [-0.05, 0) is 5.56 Å². The summed E-state index contributed by atoms with van der Waals surface area (Å²) in [7, 11) is -2.94. The molecular formula is C11H14ClNO2S. The van der Waals surface area contributed by atoms with E-state index in [9.17, 15) is 8.42 Å². The van der Waals surface area contributed by atoms with Gasteiger partial charge in [-0.1, -0.05) is 30.3 Å². The van der Waals surface area contributed by atoms with Crippen LogP contribution < -0.4 is 5.32 Å². The minimum absolute atomic E-state index is 0.0843. The lowest BCUT2D eigenvalue weighted by atomic mass is 10.2. The maximum Gasteiger partial charge on any atom is 0.153 e. The van der Waals surface area contributed by atoms with Gasteiger partial charge in [0.15, 0.2) is 9.84 Å². The lowest BCUT2D eigenvalue weighted by Crippen LogP contribution is -2.35. The summed E-state index contributed by atoms with van der Waals surface area (Å²) in [5.41, 5.74) is 1.13. The Morgan fingerprint density at radius 3 is 2.50 bits per heavy atom. The van der Waals surface area contributed by atoms with Gasteiger partial charge in [-0.3, -0.25) is 0 Å². The van der Waals surface area contributed by atoms with Crippen molar-refractivity contribution in [1.82, 2.24) is 5.32 Å². The second kappa shape index (κ2) is 4.73. The number of nitrogens with one attached hydrogen (secondary N) is 1. The van der Waals surface area contributed by atoms with Crippen LogP contribution in [0.4, 0.5) is 0 Å². The normalized spacial score (nSPS) is 28.1. The molecule has 1 aromatic carbocycles. The van der Waals surface area contributed by atoms with Crippen molar-refractivity contribution in [2.75, 3.05) is 11.5 Å². The number of sulfone groups is 1. The van der Waals surface area contributed by atoms with Gasteiger partial charge >= 0.3 is 0 Å². The quantitative estimate of drug-likeness (QED) is 0.830. The zero-order chi connectivity index (χ0) is 11.6. The molecule has 1 aliphatic heterocycles. The van der Waals surface area contributed by atoms with Crippen LogP contribution in [0.1, 0.15) is 5.56 Å². The predicted molar refractivity (Wildman–Crippen MR) is 65.4 cm³/mol. The molecule has 1 fully saturated rings. The van der Waals surface area contributed by atoms with Crippen LogP contribution in [-0.2, 0) is 16.4 Å². The molecule has 1 heterocycles. The largest absolute Gasteiger partial charge is 0.307 e. The Balaban J connectivity index is 1.92. The maximum atomic E-state index is 11.3. The summed E-state index contributed by atoms with van der Waals surface area (Å²) in [4.78, 5) is 0. The molecule has 1 N–H and O–H groups in total. The van der Waals surface area contributed by atoms with E-state index in [1.807, 2.05) is 30.3 Å². The molecule has 0 spiro atoms. The molecule has 1 aliphatic rings. The predicted octanol–water partition coefficient (Wildman–Crippen LogP) is 1.18. The first kappa shape index (κ1) is 11.9. The van der Waals surface area contributed by atoms with Crippen LogP contribution in [0.3, 0.4) is 0 Å². The molecule has 16 heavy (non-hydrogen) atoms. The topological polar surface area (TPSA) is 46.2 Å². The van der Waals surface area contributed by atoms with Crippen molar-refractivity contribution in [2.24, 2.45) is 0 Å². The van der Waals surface area contributed by atoms with Gasteiger partial charge in [-0.2, -0.15) is 0 Å². The number of rotatable bonds is 3. The van der Waals surface area contributed by atoms with Crippen molar-refractivity contribution in [3.8, 4) is 0 Å². The average molecular weight is 260 g/mol. The van der Waals surface area contributed by atoms with E-state index in [1.54, 1.807) is 0 Å². The summed E-state index contributed by atoms with van der Waals surface area (Å²) in [6.45, 7) is 0.657. The fourth-order valence-corrected chi connectivity index (χ4v) is 4.45. The molecule has 1 aromatic rings. The Hall–Kier alpha value is -0.580. The van der Waals surface area contributed by atoms with Gasteiger partial charge in [-0.15, -0.1) is 11.6 Å². The first-order chi connectivity index (χ1) is 7.57. The van der Waals surface area contributed by atoms with Crippen molar-refractivity contribution in [2.45, 2.75) is 18.0 Å². The molecule has 0 aromatic heterocycles. The van der Waals surface area contributed by atoms with E-state index < -0.39 is 9.84 Å². The number of halogens is 1. The molecule has 0 unspecified atom stereocenters. The highest BCUT2D eigenvalue weighted by Crippen LogP contribution is 2.18. The number of alkyl halides is 1. The van der Waals surface area contributed by atoms with Gasteiger partial charge in [0.25, 0.3) is 0 Å². The van der Waals surface area contributed by atoms with Gasteiger partial charge in [-0.25, -0.2) is 8.42 Å². The van der Waals surface area contributed by atoms with Crippen molar-refractivity contribution < 1.29 is 8.42 Å². The summed E-state index contributed by atoms with van der Waals surface area (Å²) in [6, 6.07) is 9.74. The summed E-state index contributed by atoms with van der Waals surface area (Å²) < 4.78 is 22.7. The third-order valence-electron chi connectivity index (χ3n) is 2.69. The first-order valence-electron chi connectivity index (χ1n) is 5.19. The summed E-state index contributed by atoms with van der Waals surface area (Å²) in [5.74, 6) is 0.231. The van der Waals surface area contributed by atoms with Crippen molar-refractivity contribution >= 4 is 21.4 Å². The first-order valence-corrected chi connectivity index (χ1v) is 7.44. The molecule has 0 amide bonds. The Kier molecular flexibility index (Phi) is 3.52. The van der Waals surface area contributed by atoms with Gasteiger partial charge in [0.05, 0.1) is 16.9 Å². The van der Waals surface area contributed by atoms with Crippen LogP contribution in [0.25, 0.3) is 0 Å². The molecule has 0 aliphatic carbocycles. The smallest absolute Gasteiger partial charge is 0.153 e. The van der Waals surface area contributed by atoms with Gasteiger partial charge in [0.1, 0.15) is 0 Å². The highest BCUT2D eigenvalue weighted by Gasteiger charge is 2.35. The van der Waals surface area contributed by atoms with Crippen LogP contribution >= 0.6 is 11.6 Å². The molecule has 1 saturated heterocycles. The molecule has 2 rings (SSSR count). The van der Waals surface area contributed by atoms with Crippen LogP contribution in [0.2, 0.25) is 0 Å². The summed E-state index contributed by atoms with van der Waals surface area (Å²) in [6.07, 6.45) is 0. The van der Waals surface area contributed by atoms with E-state index in [4.69, 9.17) is 11.6 Å². The second-order valence-corrected chi connectivity index (χ2v) is 6.78. The third kappa shape index (κ3) is 2.97. The Labute approximate surface area is 101 Å². The molecule has 0 saturated carbocycles. The van der Waals surface area contributed by atoms with Crippen molar-refractivity contribution in [3.63, 3.8) is 0 Å². The van der Waals surface area contributed by atoms with Gasteiger partial charge in [0, 0.05) is 12.6 Å². The fraction of sp³-hybridized carbons (Fsp3) is 0.455. The van der Waals surface area contributed by atoms with E-state index in [-0.39, 0.29) is 22.9 Å². The number of hydrogen-bond donors (Lipinski definition) is 1. The van der Waals surface area contributed by atoms with Gasteiger partial charge < -0.3 is 5.32 Å². The minimum atomic E-state index is -2.94.